The van der Waals surface area contributed by atoms with Crippen LogP contribution in [-0.4, -0.2) is 11.8 Å². The highest BCUT2D eigenvalue weighted by Crippen LogP contribution is 2.21. The van der Waals surface area contributed by atoms with Gasteiger partial charge in [0.1, 0.15) is 0 Å². The summed E-state index contributed by atoms with van der Waals surface area (Å²) in [6.07, 6.45) is 4.98. The third kappa shape index (κ3) is 2.55. The van der Waals surface area contributed by atoms with Crippen LogP contribution in [0.15, 0.2) is 24.8 Å². The summed E-state index contributed by atoms with van der Waals surface area (Å²) in [4.78, 5) is 22.2. The number of allylic oxidation sites excluding steroid dienone is 1. The molecule has 1 fully saturated rings. The second-order valence-corrected chi connectivity index (χ2v) is 2.67. The Hall–Kier alpha value is -1.38. The molecule has 0 bridgehead atoms. The minimum atomic E-state index is -0.395. The molecule has 1 rings (SSSR count). The lowest BCUT2D eigenvalue weighted by atomic mass is 9.95. The number of hydrogen-bond acceptors (Lipinski definition) is 2. The Balaban J connectivity index is 0.000000791. The minimum absolute atomic E-state index is 0.233. The van der Waals surface area contributed by atoms with E-state index in [2.05, 4.69) is 11.9 Å². The Morgan fingerprint density at radius 3 is 2.14 bits per heavy atom. The molecule has 0 spiro atoms. The molecule has 3 nitrogen and oxygen atoms in total. The minimum Gasteiger partial charge on any atom is -0.295 e. The molecule has 1 aliphatic heterocycles. The van der Waals surface area contributed by atoms with Crippen LogP contribution in [0.1, 0.15) is 20.8 Å². The third-order valence-electron chi connectivity index (χ3n) is 1.89. The molecule has 0 radical (unpaired) electrons. The first-order valence-electron chi connectivity index (χ1n) is 4.80. The van der Waals surface area contributed by atoms with Crippen LogP contribution in [0.5, 0.6) is 0 Å². The van der Waals surface area contributed by atoms with E-state index in [4.69, 9.17) is 0 Å². The molecule has 0 aromatic heterocycles. The van der Waals surface area contributed by atoms with E-state index < -0.39 is 5.92 Å². The van der Waals surface area contributed by atoms with Crippen LogP contribution in [-0.2, 0) is 9.59 Å². The predicted molar refractivity (Wildman–Crippen MR) is 56.5 cm³/mol. The van der Waals surface area contributed by atoms with Crippen molar-refractivity contribution in [1.82, 2.24) is 5.32 Å². The van der Waals surface area contributed by atoms with Crippen molar-refractivity contribution in [2.24, 2.45) is 11.8 Å². The third-order valence-corrected chi connectivity index (χ3v) is 1.89. The van der Waals surface area contributed by atoms with Crippen molar-refractivity contribution in [3.63, 3.8) is 0 Å². The zero-order chi connectivity index (χ0) is 11.1. The van der Waals surface area contributed by atoms with Gasteiger partial charge in [-0.25, -0.2) is 0 Å². The molecular weight excluding hydrogens is 178 g/mol. The van der Waals surface area contributed by atoms with Crippen LogP contribution in [0, 0.1) is 11.8 Å². The Kier molecular flexibility index (Phi) is 5.53. The van der Waals surface area contributed by atoms with Crippen LogP contribution in [0.2, 0.25) is 0 Å². The fourth-order valence-electron chi connectivity index (χ4n) is 1.28. The number of carbonyl (C=O) groups excluding carboxylic acids is 2. The van der Waals surface area contributed by atoms with Gasteiger partial charge in [0.25, 0.3) is 0 Å². The van der Waals surface area contributed by atoms with E-state index in [1.54, 1.807) is 12.2 Å². The molecule has 0 saturated carbocycles. The predicted octanol–water partition coefficient (Wildman–Crippen LogP) is 1.66. The molecule has 2 atom stereocenters. The Morgan fingerprint density at radius 1 is 1.21 bits per heavy atom. The molecule has 0 aromatic carbocycles. The molecule has 14 heavy (non-hydrogen) atoms. The van der Waals surface area contributed by atoms with E-state index >= 15 is 0 Å². The van der Waals surface area contributed by atoms with E-state index in [1.807, 2.05) is 20.8 Å². The van der Waals surface area contributed by atoms with Gasteiger partial charge in [-0.15, -0.1) is 6.58 Å². The van der Waals surface area contributed by atoms with Gasteiger partial charge in [0.15, 0.2) is 0 Å². The molecule has 2 amide bonds. The summed E-state index contributed by atoms with van der Waals surface area (Å²) >= 11 is 0. The molecule has 2 unspecified atom stereocenters. The van der Waals surface area contributed by atoms with Gasteiger partial charge in [0.2, 0.25) is 11.8 Å². The fourth-order valence-corrected chi connectivity index (χ4v) is 1.28. The summed E-state index contributed by atoms with van der Waals surface area (Å²) < 4.78 is 0. The second-order valence-electron chi connectivity index (χ2n) is 2.67. The van der Waals surface area contributed by atoms with Crippen molar-refractivity contribution >= 4 is 11.8 Å². The summed E-state index contributed by atoms with van der Waals surface area (Å²) in [7, 11) is 0. The first-order chi connectivity index (χ1) is 6.70. The van der Waals surface area contributed by atoms with Crippen molar-refractivity contribution in [3.05, 3.63) is 24.8 Å². The maximum absolute atomic E-state index is 11.1. The SMILES string of the molecule is C=CC1C(=O)NC(=O)C1/C=C\C.CC. The number of rotatable bonds is 2. The van der Waals surface area contributed by atoms with Crippen LogP contribution >= 0.6 is 0 Å². The quantitative estimate of drug-likeness (QED) is 0.538. The molecule has 0 aromatic rings. The maximum atomic E-state index is 11.1. The van der Waals surface area contributed by atoms with Gasteiger partial charge >= 0.3 is 0 Å². The van der Waals surface area contributed by atoms with Crippen molar-refractivity contribution in [2.75, 3.05) is 0 Å². The highest BCUT2D eigenvalue weighted by atomic mass is 16.2. The first kappa shape index (κ1) is 12.6. The molecule has 1 saturated heterocycles. The van der Waals surface area contributed by atoms with Crippen molar-refractivity contribution in [1.29, 1.82) is 0 Å². The van der Waals surface area contributed by atoms with Crippen molar-refractivity contribution in [2.45, 2.75) is 20.8 Å². The van der Waals surface area contributed by atoms with E-state index in [0.717, 1.165) is 0 Å². The van der Waals surface area contributed by atoms with E-state index in [0.29, 0.717) is 0 Å². The van der Waals surface area contributed by atoms with Gasteiger partial charge in [-0.1, -0.05) is 32.1 Å². The number of hydrogen-bond donors (Lipinski definition) is 1. The van der Waals surface area contributed by atoms with E-state index in [1.165, 1.54) is 6.08 Å². The van der Waals surface area contributed by atoms with Crippen LogP contribution in [0.25, 0.3) is 0 Å². The molecule has 1 N–H and O–H groups in total. The topological polar surface area (TPSA) is 46.2 Å². The molecule has 1 aliphatic rings. The van der Waals surface area contributed by atoms with Gasteiger partial charge in [-0.3, -0.25) is 14.9 Å². The Morgan fingerprint density at radius 2 is 1.71 bits per heavy atom. The van der Waals surface area contributed by atoms with Crippen LogP contribution < -0.4 is 5.32 Å². The summed E-state index contributed by atoms with van der Waals surface area (Å²) in [6, 6.07) is 0. The second kappa shape index (κ2) is 6.13. The highest BCUT2D eigenvalue weighted by Gasteiger charge is 2.37. The number of carbonyl (C=O) groups is 2. The number of amides is 2. The smallest absolute Gasteiger partial charge is 0.234 e. The summed E-state index contributed by atoms with van der Waals surface area (Å²) in [5.41, 5.74) is 0. The number of nitrogens with one attached hydrogen (secondary N) is 1. The fraction of sp³-hybridized carbons (Fsp3) is 0.455. The lowest BCUT2D eigenvalue weighted by Gasteiger charge is -2.04. The molecule has 3 heteroatoms. The maximum Gasteiger partial charge on any atom is 0.234 e. The van der Waals surface area contributed by atoms with Gasteiger partial charge in [-0.2, -0.15) is 0 Å². The summed E-state index contributed by atoms with van der Waals surface area (Å²) in [5, 5.41) is 2.25. The summed E-state index contributed by atoms with van der Waals surface area (Å²) in [5.74, 6) is -1.24. The zero-order valence-electron chi connectivity index (χ0n) is 8.91. The standard InChI is InChI=1S/C9H11NO2.C2H6/c1-3-5-7-6(4-2)8(11)10-9(7)12;1-2/h3-7H,2H2,1H3,(H,10,11,12);1-2H3/b5-3-;. The molecule has 0 aliphatic carbocycles. The van der Waals surface area contributed by atoms with Gasteiger partial charge < -0.3 is 0 Å². The average Bonchev–Trinajstić information content (AvgIpc) is 2.45. The monoisotopic (exact) mass is 195 g/mol. The first-order valence-corrected chi connectivity index (χ1v) is 4.80. The Bertz CT molecular complexity index is 256. The lowest BCUT2D eigenvalue weighted by Crippen LogP contribution is -2.21. The average molecular weight is 195 g/mol. The largest absolute Gasteiger partial charge is 0.295 e. The molecule has 78 valence electrons. The van der Waals surface area contributed by atoms with Crippen molar-refractivity contribution in [3.8, 4) is 0 Å². The highest BCUT2D eigenvalue weighted by molar-refractivity contribution is 6.06. The van der Waals surface area contributed by atoms with E-state index in [-0.39, 0.29) is 17.7 Å². The van der Waals surface area contributed by atoms with Crippen molar-refractivity contribution < 1.29 is 9.59 Å². The van der Waals surface area contributed by atoms with Gasteiger partial charge in [0, 0.05) is 0 Å². The van der Waals surface area contributed by atoms with Gasteiger partial charge in [-0.05, 0) is 6.92 Å². The van der Waals surface area contributed by atoms with Crippen LogP contribution in [0.4, 0.5) is 0 Å². The number of imide groups is 1. The molecule has 1 heterocycles. The van der Waals surface area contributed by atoms with Crippen LogP contribution in [0.3, 0.4) is 0 Å². The Labute approximate surface area is 84.9 Å². The summed E-state index contributed by atoms with van der Waals surface area (Å²) in [6.45, 7) is 9.33. The lowest BCUT2D eigenvalue weighted by molar-refractivity contribution is -0.125. The zero-order valence-corrected chi connectivity index (χ0v) is 8.91. The molecular formula is C11H17NO2. The van der Waals surface area contributed by atoms with E-state index in [9.17, 15) is 9.59 Å². The normalized spacial score (nSPS) is 25.6. The van der Waals surface area contributed by atoms with Gasteiger partial charge in [0.05, 0.1) is 11.8 Å².